The summed E-state index contributed by atoms with van der Waals surface area (Å²) in [5, 5.41) is 3.46. The summed E-state index contributed by atoms with van der Waals surface area (Å²) in [6, 6.07) is 17.4. The Morgan fingerprint density at radius 2 is 1.50 bits per heavy atom. The Hall–Kier alpha value is -1.45. The zero-order valence-electron chi connectivity index (χ0n) is 12.4. The number of hydrogen-bond acceptors (Lipinski definition) is 3. The standard InChI is InChI=1S/C17H22N2S/c1-19(2)13-15-4-8-16(9-5-15)18-12-14-6-10-17(20-3)11-7-14/h4-11,18H,12-13H2,1-3H3. The van der Waals surface area contributed by atoms with Crippen LogP contribution in [0.3, 0.4) is 0 Å². The van der Waals surface area contributed by atoms with Crippen LogP contribution in [0.2, 0.25) is 0 Å². The van der Waals surface area contributed by atoms with Gasteiger partial charge in [0, 0.05) is 23.7 Å². The van der Waals surface area contributed by atoms with Gasteiger partial charge in [-0.3, -0.25) is 0 Å². The molecule has 0 atom stereocenters. The van der Waals surface area contributed by atoms with Gasteiger partial charge in [0.05, 0.1) is 0 Å². The highest BCUT2D eigenvalue weighted by molar-refractivity contribution is 7.98. The predicted octanol–water partition coefficient (Wildman–Crippen LogP) is 4.08. The van der Waals surface area contributed by atoms with Gasteiger partial charge in [-0.25, -0.2) is 0 Å². The van der Waals surface area contributed by atoms with Crippen molar-refractivity contribution < 1.29 is 0 Å². The average molecular weight is 286 g/mol. The molecule has 2 rings (SSSR count). The van der Waals surface area contributed by atoms with Crippen molar-refractivity contribution in [3.63, 3.8) is 0 Å². The van der Waals surface area contributed by atoms with Gasteiger partial charge in [-0.05, 0) is 55.7 Å². The van der Waals surface area contributed by atoms with Crippen molar-refractivity contribution in [1.82, 2.24) is 4.90 Å². The third kappa shape index (κ3) is 4.58. The Morgan fingerprint density at radius 1 is 0.900 bits per heavy atom. The van der Waals surface area contributed by atoms with Gasteiger partial charge in [-0.1, -0.05) is 24.3 Å². The van der Waals surface area contributed by atoms with Gasteiger partial charge in [0.1, 0.15) is 0 Å². The summed E-state index contributed by atoms with van der Waals surface area (Å²) in [5.41, 5.74) is 3.81. The van der Waals surface area contributed by atoms with E-state index in [0.29, 0.717) is 0 Å². The molecule has 2 nitrogen and oxygen atoms in total. The molecule has 20 heavy (non-hydrogen) atoms. The second kappa shape index (κ2) is 7.36. The second-order valence-electron chi connectivity index (χ2n) is 5.14. The van der Waals surface area contributed by atoms with Crippen LogP contribution in [0.5, 0.6) is 0 Å². The maximum atomic E-state index is 3.46. The first-order valence-corrected chi connectivity index (χ1v) is 8.00. The Balaban J connectivity index is 1.89. The van der Waals surface area contributed by atoms with Gasteiger partial charge in [0.15, 0.2) is 0 Å². The molecule has 3 heteroatoms. The molecule has 1 N–H and O–H groups in total. The van der Waals surface area contributed by atoms with E-state index in [2.05, 4.69) is 79.1 Å². The number of nitrogens with one attached hydrogen (secondary N) is 1. The molecule has 0 heterocycles. The maximum Gasteiger partial charge on any atom is 0.0400 e. The van der Waals surface area contributed by atoms with Crippen molar-refractivity contribution in [3.8, 4) is 0 Å². The summed E-state index contributed by atoms with van der Waals surface area (Å²) < 4.78 is 0. The van der Waals surface area contributed by atoms with Crippen LogP contribution in [0.15, 0.2) is 53.4 Å². The fourth-order valence-corrected chi connectivity index (χ4v) is 2.45. The quantitative estimate of drug-likeness (QED) is 0.805. The molecule has 0 bridgehead atoms. The fraction of sp³-hybridized carbons (Fsp3) is 0.294. The van der Waals surface area contributed by atoms with Gasteiger partial charge in [-0.15, -0.1) is 11.8 Å². The van der Waals surface area contributed by atoms with E-state index in [9.17, 15) is 0 Å². The summed E-state index contributed by atoms with van der Waals surface area (Å²) >= 11 is 1.77. The molecule has 0 spiro atoms. The normalized spacial score (nSPS) is 10.8. The van der Waals surface area contributed by atoms with Crippen LogP contribution in [0.1, 0.15) is 11.1 Å². The van der Waals surface area contributed by atoms with Crippen LogP contribution in [0.25, 0.3) is 0 Å². The highest BCUT2D eigenvalue weighted by Crippen LogP contribution is 2.16. The molecule has 0 radical (unpaired) electrons. The fourth-order valence-electron chi connectivity index (χ4n) is 2.04. The third-order valence-electron chi connectivity index (χ3n) is 3.11. The molecule has 0 amide bonds. The number of anilines is 1. The monoisotopic (exact) mass is 286 g/mol. The van der Waals surface area contributed by atoms with Gasteiger partial charge < -0.3 is 10.2 Å². The Bertz CT molecular complexity index is 518. The molecule has 0 aliphatic rings. The first-order valence-electron chi connectivity index (χ1n) is 6.78. The molecule has 0 aromatic heterocycles. The Labute approximate surface area is 126 Å². The van der Waals surface area contributed by atoms with Crippen LogP contribution in [-0.2, 0) is 13.1 Å². The molecular weight excluding hydrogens is 264 g/mol. The zero-order valence-corrected chi connectivity index (χ0v) is 13.2. The van der Waals surface area contributed by atoms with E-state index >= 15 is 0 Å². The minimum atomic E-state index is 0.863. The van der Waals surface area contributed by atoms with Gasteiger partial charge in [0.25, 0.3) is 0 Å². The Kier molecular flexibility index (Phi) is 5.50. The second-order valence-corrected chi connectivity index (χ2v) is 6.02. The first-order chi connectivity index (χ1) is 9.67. The summed E-state index contributed by atoms with van der Waals surface area (Å²) in [7, 11) is 4.18. The molecular formula is C17H22N2S. The Morgan fingerprint density at radius 3 is 2.05 bits per heavy atom. The molecule has 0 unspecified atom stereocenters. The minimum absolute atomic E-state index is 0.863. The van der Waals surface area contributed by atoms with E-state index in [1.54, 1.807) is 11.8 Å². The van der Waals surface area contributed by atoms with Crippen molar-refractivity contribution in [2.45, 2.75) is 18.0 Å². The number of thioether (sulfide) groups is 1. The number of benzene rings is 2. The lowest BCUT2D eigenvalue weighted by molar-refractivity contribution is 0.402. The first kappa shape index (κ1) is 14.9. The van der Waals surface area contributed by atoms with Crippen LogP contribution >= 0.6 is 11.8 Å². The molecule has 0 aliphatic heterocycles. The molecule has 2 aromatic carbocycles. The highest BCUT2D eigenvalue weighted by atomic mass is 32.2. The van der Waals surface area contributed by atoms with Crippen molar-refractivity contribution in [2.75, 3.05) is 25.7 Å². The van der Waals surface area contributed by atoms with E-state index < -0.39 is 0 Å². The highest BCUT2D eigenvalue weighted by Gasteiger charge is 1.97. The zero-order chi connectivity index (χ0) is 14.4. The number of rotatable bonds is 6. The van der Waals surface area contributed by atoms with Crippen LogP contribution in [-0.4, -0.2) is 25.3 Å². The van der Waals surface area contributed by atoms with Crippen LogP contribution in [0.4, 0.5) is 5.69 Å². The smallest absolute Gasteiger partial charge is 0.0400 e. The molecule has 0 saturated heterocycles. The summed E-state index contributed by atoms with van der Waals surface area (Å²) in [6.07, 6.45) is 2.10. The van der Waals surface area contributed by atoms with Gasteiger partial charge in [-0.2, -0.15) is 0 Å². The van der Waals surface area contributed by atoms with Gasteiger partial charge >= 0.3 is 0 Å². The van der Waals surface area contributed by atoms with E-state index in [-0.39, 0.29) is 0 Å². The van der Waals surface area contributed by atoms with E-state index in [1.807, 2.05) is 0 Å². The van der Waals surface area contributed by atoms with E-state index in [1.165, 1.54) is 21.7 Å². The van der Waals surface area contributed by atoms with Crippen LogP contribution in [0, 0.1) is 0 Å². The van der Waals surface area contributed by atoms with E-state index in [4.69, 9.17) is 0 Å². The van der Waals surface area contributed by atoms with E-state index in [0.717, 1.165) is 13.1 Å². The third-order valence-corrected chi connectivity index (χ3v) is 3.85. The molecule has 0 aliphatic carbocycles. The topological polar surface area (TPSA) is 15.3 Å². The lowest BCUT2D eigenvalue weighted by Gasteiger charge is -2.11. The lowest BCUT2D eigenvalue weighted by atomic mass is 10.2. The summed E-state index contributed by atoms with van der Waals surface area (Å²) in [6.45, 7) is 1.85. The van der Waals surface area contributed by atoms with Crippen LogP contribution < -0.4 is 5.32 Å². The van der Waals surface area contributed by atoms with Crippen molar-refractivity contribution >= 4 is 17.4 Å². The number of nitrogens with zero attached hydrogens (tertiary/aromatic N) is 1. The molecule has 106 valence electrons. The average Bonchev–Trinajstić information content (AvgIpc) is 2.46. The molecule has 0 fully saturated rings. The van der Waals surface area contributed by atoms with Crippen molar-refractivity contribution in [2.24, 2.45) is 0 Å². The summed E-state index contributed by atoms with van der Waals surface area (Å²) in [5.74, 6) is 0. The minimum Gasteiger partial charge on any atom is -0.381 e. The maximum absolute atomic E-state index is 3.46. The molecule has 0 saturated carbocycles. The predicted molar refractivity (Wildman–Crippen MR) is 89.4 cm³/mol. The van der Waals surface area contributed by atoms with Crippen molar-refractivity contribution in [1.29, 1.82) is 0 Å². The SMILES string of the molecule is CSc1ccc(CNc2ccc(CN(C)C)cc2)cc1. The largest absolute Gasteiger partial charge is 0.381 e. The summed E-state index contributed by atoms with van der Waals surface area (Å²) in [4.78, 5) is 3.48. The number of hydrogen-bond donors (Lipinski definition) is 1. The van der Waals surface area contributed by atoms with Gasteiger partial charge in [0.2, 0.25) is 0 Å². The molecule has 2 aromatic rings. The van der Waals surface area contributed by atoms with Crippen molar-refractivity contribution in [3.05, 3.63) is 59.7 Å². The lowest BCUT2D eigenvalue weighted by Crippen LogP contribution is -2.10.